The van der Waals surface area contributed by atoms with Crippen molar-refractivity contribution in [2.75, 3.05) is 0 Å². The monoisotopic (exact) mass is 266 g/mol. The molecule has 0 aliphatic carbocycles. The number of imidazole rings is 1. The summed E-state index contributed by atoms with van der Waals surface area (Å²) in [5.41, 5.74) is 4.03. The Bertz CT molecular complexity index is 772. The van der Waals surface area contributed by atoms with Gasteiger partial charge >= 0.3 is 0 Å². The lowest BCUT2D eigenvalue weighted by Crippen LogP contribution is -2.03. The van der Waals surface area contributed by atoms with Gasteiger partial charge in [-0.3, -0.25) is 0 Å². The SMILES string of the molecule is Cc1ccc2c(c1)nc(-c1ccccc1O)n2C(C)C. The quantitative estimate of drug-likeness (QED) is 0.751. The maximum Gasteiger partial charge on any atom is 0.145 e. The average molecular weight is 266 g/mol. The van der Waals surface area contributed by atoms with Gasteiger partial charge in [-0.25, -0.2) is 4.98 Å². The van der Waals surface area contributed by atoms with Gasteiger partial charge in [0.25, 0.3) is 0 Å². The number of nitrogens with zero attached hydrogens (tertiary/aromatic N) is 2. The topological polar surface area (TPSA) is 38.1 Å². The highest BCUT2D eigenvalue weighted by Crippen LogP contribution is 2.33. The van der Waals surface area contributed by atoms with Gasteiger partial charge in [-0.1, -0.05) is 18.2 Å². The molecule has 1 heterocycles. The molecule has 0 radical (unpaired) electrons. The molecule has 0 spiro atoms. The minimum atomic E-state index is 0.265. The summed E-state index contributed by atoms with van der Waals surface area (Å²) in [7, 11) is 0. The predicted molar refractivity (Wildman–Crippen MR) is 82.0 cm³/mol. The first-order valence-electron chi connectivity index (χ1n) is 6.85. The molecule has 20 heavy (non-hydrogen) atoms. The molecule has 0 atom stereocenters. The molecule has 0 saturated carbocycles. The largest absolute Gasteiger partial charge is 0.507 e. The Hall–Kier alpha value is -2.29. The summed E-state index contributed by atoms with van der Waals surface area (Å²) < 4.78 is 2.17. The molecular weight excluding hydrogens is 248 g/mol. The van der Waals surface area contributed by atoms with Crippen LogP contribution in [0, 0.1) is 6.92 Å². The van der Waals surface area contributed by atoms with Gasteiger partial charge in [0.05, 0.1) is 16.6 Å². The Labute approximate surface area is 118 Å². The van der Waals surface area contributed by atoms with Gasteiger partial charge in [-0.15, -0.1) is 0 Å². The predicted octanol–water partition coefficient (Wildman–Crippen LogP) is 4.30. The molecule has 3 aromatic rings. The summed E-state index contributed by atoms with van der Waals surface area (Å²) in [5.74, 6) is 1.08. The van der Waals surface area contributed by atoms with Crippen molar-refractivity contribution < 1.29 is 5.11 Å². The van der Waals surface area contributed by atoms with E-state index in [-0.39, 0.29) is 11.8 Å². The Morgan fingerprint density at radius 3 is 2.55 bits per heavy atom. The lowest BCUT2D eigenvalue weighted by molar-refractivity contribution is 0.476. The van der Waals surface area contributed by atoms with Crippen LogP contribution in [-0.4, -0.2) is 14.7 Å². The van der Waals surface area contributed by atoms with Crippen LogP contribution in [-0.2, 0) is 0 Å². The molecule has 0 bridgehead atoms. The van der Waals surface area contributed by atoms with E-state index < -0.39 is 0 Å². The first-order chi connectivity index (χ1) is 9.58. The molecule has 0 fully saturated rings. The van der Waals surface area contributed by atoms with E-state index in [4.69, 9.17) is 4.98 Å². The summed E-state index contributed by atoms with van der Waals surface area (Å²) in [6.45, 7) is 6.32. The summed E-state index contributed by atoms with van der Waals surface area (Å²) >= 11 is 0. The first-order valence-corrected chi connectivity index (χ1v) is 6.85. The number of hydrogen-bond acceptors (Lipinski definition) is 2. The molecule has 1 aromatic heterocycles. The van der Waals surface area contributed by atoms with E-state index in [2.05, 4.69) is 43.5 Å². The maximum atomic E-state index is 10.1. The fourth-order valence-corrected chi connectivity index (χ4v) is 2.58. The van der Waals surface area contributed by atoms with Crippen LogP contribution in [0.5, 0.6) is 5.75 Å². The van der Waals surface area contributed by atoms with E-state index in [1.165, 1.54) is 5.56 Å². The molecule has 102 valence electrons. The molecule has 2 aromatic carbocycles. The van der Waals surface area contributed by atoms with Gasteiger partial charge in [0.15, 0.2) is 0 Å². The van der Waals surface area contributed by atoms with Crippen LogP contribution in [0.1, 0.15) is 25.5 Å². The van der Waals surface area contributed by atoms with E-state index in [1.54, 1.807) is 6.07 Å². The fraction of sp³-hybridized carbons (Fsp3) is 0.235. The van der Waals surface area contributed by atoms with Crippen molar-refractivity contribution >= 4 is 11.0 Å². The van der Waals surface area contributed by atoms with Crippen LogP contribution in [0.15, 0.2) is 42.5 Å². The Kier molecular flexibility index (Phi) is 2.97. The minimum Gasteiger partial charge on any atom is -0.507 e. The highest BCUT2D eigenvalue weighted by molar-refractivity contribution is 5.82. The van der Waals surface area contributed by atoms with Gasteiger partial charge in [-0.05, 0) is 50.6 Å². The zero-order valence-electron chi connectivity index (χ0n) is 12.0. The lowest BCUT2D eigenvalue weighted by atomic mass is 10.2. The summed E-state index contributed by atoms with van der Waals surface area (Å²) in [6.07, 6.45) is 0. The molecule has 3 heteroatoms. The summed E-state index contributed by atoms with van der Waals surface area (Å²) in [5, 5.41) is 10.1. The number of aromatic hydroxyl groups is 1. The van der Waals surface area contributed by atoms with Crippen molar-refractivity contribution in [1.82, 2.24) is 9.55 Å². The van der Waals surface area contributed by atoms with Crippen LogP contribution in [0.3, 0.4) is 0 Å². The van der Waals surface area contributed by atoms with Crippen molar-refractivity contribution in [2.24, 2.45) is 0 Å². The van der Waals surface area contributed by atoms with Crippen LogP contribution in [0.25, 0.3) is 22.4 Å². The molecule has 0 saturated heterocycles. The van der Waals surface area contributed by atoms with E-state index in [9.17, 15) is 5.11 Å². The highest BCUT2D eigenvalue weighted by atomic mass is 16.3. The molecular formula is C17H18N2O. The Balaban J connectivity index is 2.35. The Morgan fingerprint density at radius 2 is 1.85 bits per heavy atom. The molecule has 0 unspecified atom stereocenters. The molecule has 0 aliphatic heterocycles. The van der Waals surface area contributed by atoms with Crippen LogP contribution >= 0.6 is 0 Å². The third-order valence-electron chi connectivity index (χ3n) is 3.51. The molecule has 0 aliphatic rings. The van der Waals surface area contributed by atoms with Gasteiger partial charge in [0.1, 0.15) is 11.6 Å². The average Bonchev–Trinajstić information content (AvgIpc) is 2.77. The van der Waals surface area contributed by atoms with E-state index in [0.29, 0.717) is 0 Å². The number of para-hydroxylation sites is 1. The number of hydrogen-bond donors (Lipinski definition) is 1. The van der Waals surface area contributed by atoms with Crippen molar-refractivity contribution in [3.05, 3.63) is 48.0 Å². The van der Waals surface area contributed by atoms with Gasteiger partial charge in [0, 0.05) is 6.04 Å². The third kappa shape index (κ3) is 1.95. The van der Waals surface area contributed by atoms with Crippen molar-refractivity contribution in [3.8, 4) is 17.1 Å². The minimum absolute atomic E-state index is 0.265. The zero-order chi connectivity index (χ0) is 14.3. The standard InChI is InChI=1S/C17H18N2O/c1-11(2)19-15-9-8-12(3)10-14(15)18-17(19)13-6-4-5-7-16(13)20/h4-11,20H,1-3H3. The maximum absolute atomic E-state index is 10.1. The van der Waals surface area contributed by atoms with Crippen LogP contribution in [0.4, 0.5) is 0 Å². The van der Waals surface area contributed by atoms with Gasteiger partial charge < -0.3 is 9.67 Å². The number of aryl methyl sites for hydroxylation is 1. The smallest absolute Gasteiger partial charge is 0.145 e. The highest BCUT2D eigenvalue weighted by Gasteiger charge is 2.16. The fourth-order valence-electron chi connectivity index (χ4n) is 2.58. The second kappa shape index (κ2) is 4.67. The van der Waals surface area contributed by atoms with Gasteiger partial charge in [0.2, 0.25) is 0 Å². The molecule has 3 rings (SSSR count). The molecule has 1 N–H and O–H groups in total. The number of rotatable bonds is 2. The number of aromatic nitrogens is 2. The number of phenols is 1. The first kappa shape index (κ1) is 12.7. The summed E-state index contributed by atoms with van der Waals surface area (Å²) in [4.78, 5) is 4.73. The molecule has 0 amide bonds. The second-order valence-corrected chi connectivity index (χ2v) is 5.41. The zero-order valence-corrected chi connectivity index (χ0v) is 12.0. The number of phenolic OH excluding ortho intramolecular Hbond substituents is 1. The molecule has 3 nitrogen and oxygen atoms in total. The second-order valence-electron chi connectivity index (χ2n) is 5.41. The van der Waals surface area contributed by atoms with Crippen LogP contribution in [0.2, 0.25) is 0 Å². The van der Waals surface area contributed by atoms with E-state index in [0.717, 1.165) is 22.4 Å². The lowest BCUT2D eigenvalue weighted by Gasteiger charge is -2.13. The van der Waals surface area contributed by atoms with Crippen LogP contribution < -0.4 is 0 Å². The van der Waals surface area contributed by atoms with E-state index in [1.807, 2.05) is 18.2 Å². The Morgan fingerprint density at radius 1 is 1.10 bits per heavy atom. The number of fused-ring (bicyclic) bond motifs is 1. The van der Waals surface area contributed by atoms with Crippen molar-refractivity contribution in [1.29, 1.82) is 0 Å². The van der Waals surface area contributed by atoms with Crippen molar-refractivity contribution in [2.45, 2.75) is 26.8 Å². The van der Waals surface area contributed by atoms with Gasteiger partial charge in [-0.2, -0.15) is 0 Å². The number of benzene rings is 2. The third-order valence-corrected chi connectivity index (χ3v) is 3.51. The normalized spacial score (nSPS) is 11.4. The van der Waals surface area contributed by atoms with Crippen molar-refractivity contribution in [3.63, 3.8) is 0 Å². The van der Waals surface area contributed by atoms with E-state index >= 15 is 0 Å². The summed E-state index contributed by atoms with van der Waals surface area (Å²) in [6, 6.07) is 13.9.